The molecule has 2 amide bonds. The SMILES string of the molecule is CC1Cc2[nH]nc(C(N)=O)c2CCO1.CN1C(=O)CCOc2ccccc21. The van der Waals surface area contributed by atoms with Gasteiger partial charge in [0.15, 0.2) is 5.69 Å². The fourth-order valence-electron chi connectivity index (χ4n) is 3.16. The van der Waals surface area contributed by atoms with Crippen LogP contribution in [-0.4, -0.2) is 48.4 Å². The maximum atomic E-state index is 11.4. The van der Waals surface area contributed by atoms with Crippen molar-refractivity contribution in [3.8, 4) is 5.75 Å². The van der Waals surface area contributed by atoms with Gasteiger partial charge in [-0.15, -0.1) is 0 Å². The molecule has 0 fully saturated rings. The third kappa shape index (κ3) is 4.28. The quantitative estimate of drug-likeness (QED) is 0.787. The Hall–Kier alpha value is -2.87. The van der Waals surface area contributed by atoms with Crippen LogP contribution >= 0.6 is 0 Å². The minimum atomic E-state index is -0.475. The van der Waals surface area contributed by atoms with E-state index in [1.165, 1.54) is 0 Å². The second-order valence-corrected chi connectivity index (χ2v) is 6.55. The second-order valence-electron chi connectivity index (χ2n) is 6.55. The first-order valence-electron chi connectivity index (χ1n) is 8.93. The molecule has 3 heterocycles. The summed E-state index contributed by atoms with van der Waals surface area (Å²) in [5.41, 5.74) is 8.31. The molecule has 1 aromatic heterocycles. The molecule has 0 bridgehead atoms. The molecule has 2 aromatic rings. The van der Waals surface area contributed by atoms with Crippen molar-refractivity contribution >= 4 is 17.5 Å². The molecule has 0 saturated carbocycles. The molecule has 2 aliphatic rings. The molecule has 0 spiro atoms. The summed E-state index contributed by atoms with van der Waals surface area (Å²) in [5.74, 6) is 0.415. The zero-order valence-electron chi connectivity index (χ0n) is 15.5. The Morgan fingerprint density at radius 3 is 2.85 bits per heavy atom. The predicted molar refractivity (Wildman–Crippen MR) is 99.9 cm³/mol. The van der Waals surface area contributed by atoms with E-state index in [0.717, 1.165) is 29.1 Å². The van der Waals surface area contributed by atoms with Gasteiger partial charge in [0.05, 0.1) is 31.4 Å². The predicted octanol–water partition coefficient (Wildman–Crippen LogP) is 1.44. The number of benzene rings is 1. The number of anilines is 1. The lowest BCUT2D eigenvalue weighted by molar-refractivity contribution is -0.118. The molecule has 27 heavy (non-hydrogen) atoms. The van der Waals surface area contributed by atoms with Crippen LogP contribution in [0.5, 0.6) is 5.75 Å². The number of fused-ring (bicyclic) bond motifs is 2. The number of aromatic nitrogens is 2. The Bertz CT molecular complexity index is 833. The minimum Gasteiger partial charge on any atom is -0.491 e. The highest BCUT2D eigenvalue weighted by Crippen LogP contribution is 2.29. The summed E-state index contributed by atoms with van der Waals surface area (Å²) in [6.45, 7) is 3.09. The van der Waals surface area contributed by atoms with E-state index in [-0.39, 0.29) is 12.0 Å². The van der Waals surface area contributed by atoms with Crippen molar-refractivity contribution in [3.05, 3.63) is 41.2 Å². The zero-order chi connectivity index (χ0) is 19.4. The topological polar surface area (TPSA) is 111 Å². The summed E-state index contributed by atoms with van der Waals surface area (Å²) in [5, 5.41) is 6.77. The average molecular weight is 372 g/mol. The summed E-state index contributed by atoms with van der Waals surface area (Å²) in [6, 6.07) is 7.57. The van der Waals surface area contributed by atoms with Crippen molar-refractivity contribution in [2.24, 2.45) is 5.73 Å². The van der Waals surface area contributed by atoms with E-state index >= 15 is 0 Å². The number of nitrogens with zero attached hydrogens (tertiary/aromatic N) is 2. The van der Waals surface area contributed by atoms with Gasteiger partial charge in [0.25, 0.3) is 5.91 Å². The number of hydrogen-bond donors (Lipinski definition) is 2. The molecule has 0 saturated heterocycles. The summed E-state index contributed by atoms with van der Waals surface area (Å²) in [7, 11) is 1.77. The molecule has 1 unspecified atom stereocenters. The first-order chi connectivity index (χ1) is 13.0. The fraction of sp³-hybridized carbons (Fsp3) is 0.421. The van der Waals surface area contributed by atoms with E-state index in [1.807, 2.05) is 31.2 Å². The molecular formula is C19H24N4O4. The summed E-state index contributed by atoms with van der Waals surface area (Å²) in [4.78, 5) is 24.1. The number of carbonyl (C=O) groups excluding carboxylic acids is 2. The molecule has 0 radical (unpaired) electrons. The number of nitrogens with two attached hydrogens (primary N) is 1. The highest BCUT2D eigenvalue weighted by molar-refractivity contribution is 5.95. The Balaban J connectivity index is 0.000000156. The van der Waals surface area contributed by atoms with Crippen LogP contribution in [0.3, 0.4) is 0 Å². The smallest absolute Gasteiger partial charge is 0.269 e. The van der Waals surface area contributed by atoms with Crippen LogP contribution in [-0.2, 0) is 22.4 Å². The van der Waals surface area contributed by atoms with E-state index in [9.17, 15) is 9.59 Å². The normalized spacial score (nSPS) is 18.8. The number of carbonyl (C=O) groups is 2. The van der Waals surface area contributed by atoms with Crippen molar-refractivity contribution in [2.75, 3.05) is 25.2 Å². The third-order valence-corrected chi connectivity index (χ3v) is 4.61. The molecule has 8 heteroatoms. The van der Waals surface area contributed by atoms with Crippen molar-refractivity contribution in [3.63, 3.8) is 0 Å². The van der Waals surface area contributed by atoms with Crippen LogP contribution in [0.1, 0.15) is 35.1 Å². The van der Waals surface area contributed by atoms with Gasteiger partial charge in [0, 0.05) is 24.7 Å². The molecule has 0 aliphatic carbocycles. The molecule has 1 aromatic carbocycles. The summed E-state index contributed by atoms with van der Waals surface area (Å²) >= 11 is 0. The monoisotopic (exact) mass is 372 g/mol. The van der Waals surface area contributed by atoms with Crippen molar-refractivity contribution in [2.45, 2.75) is 32.3 Å². The van der Waals surface area contributed by atoms with Gasteiger partial charge >= 0.3 is 0 Å². The van der Waals surface area contributed by atoms with Gasteiger partial charge in [0.2, 0.25) is 5.91 Å². The lowest BCUT2D eigenvalue weighted by Gasteiger charge is -2.15. The number of aromatic amines is 1. The first-order valence-corrected chi connectivity index (χ1v) is 8.93. The molecule has 2 aliphatic heterocycles. The fourth-order valence-corrected chi connectivity index (χ4v) is 3.16. The minimum absolute atomic E-state index is 0.102. The third-order valence-electron chi connectivity index (χ3n) is 4.61. The number of nitrogens with one attached hydrogen (secondary N) is 1. The standard InChI is InChI=1S/C10H11NO2.C9H13N3O2/c1-11-8-4-2-3-5-9(8)13-7-6-10(11)12;1-5-4-7-6(2-3-14-5)8(9(10)13)12-11-7/h2-5H,6-7H2,1H3;5H,2-4H2,1H3,(H2,10,13)(H,11,12). The molecule has 3 N–H and O–H groups in total. The number of rotatable bonds is 1. The van der Waals surface area contributed by atoms with E-state index in [4.69, 9.17) is 15.2 Å². The van der Waals surface area contributed by atoms with E-state index in [1.54, 1.807) is 11.9 Å². The van der Waals surface area contributed by atoms with Crippen LogP contribution in [0, 0.1) is 0 Å². The molecule has 144 valence electrons. The number of ether oxygens (including phenoxy) is 2. The van der Waals surface area contributed by atoms with Crippen LogP contribution in [0.2, 0.25) is 0 Å². The lowest BCUT2D eigenvalue weighted by atomic mass is 10.1. The van der Waals surface area contributed by atoms with Gasteiger partial charge in [-0.25, -0.2) is 0 Å². The number of amides is 2. The Kier molecular flexibility index (Phi) is 5.75. The van der Waals surface area contributed by atoms with Crippen LogP contribution in [0.15, 0.2) is 24.3 Å². The second kappa shape index (κ2) is 8.22. The summed E-state index contributed by atoms with van der Waals surface area (Å²) < 4.78 is 10.9. The van der Waals surface area contributed by atoms with E-state index in [2.05, 4.69) is 10.2 Å². The van der Waals surface area contributed by atoms with Crippen molar-refractivity contribution < 1.29 is 19.1 Å². The Labute approximate surface area is 157 Å². The first kappa shape index (κ1) is 18.9. The molecule has 1 atom stereocenters. The lowest BCUT2D eigenvalue weighted by Crippen LogP contribution is -2.24. The van der Waals surface area contributed by atoms with Crippen molar-refractivity contribution in [1.29, 1.82) is 0 Å². The summed E-state index contributed by atoms with van der Waals surface area (Å²) in [6.07, 6.45) is 2.08. The molecular weight excluding hydrogens is 348 g/mol. The van der Waals surface area contributed by atoms with Gasteiger partial charge in [-0.05, 0) is 25.5 Å². The van der Waals surface area contributed by atoms with Gasteiger partial charge in [-0.2, -0.15) is 5.10 Å². The maximum Gasteiger partial charge on any atom is 0.269 e. The number of para-hydroxylation sites is 2. The zero-order valence-corrected chi connectivity index (χ0v) is 15.5. The molecule has 8 nitrogen and oxygen atoms in total. The van der Waals surface area contributed by atoms with Crippen LogP contribution in [0.25, 0.3) is 0 Å². The highest BCUT2D eigenvalue weighted by Gasteiger charge is 2.21. The van der Waals surface area contributed by atoms with Gasteiger partial charge in [0.1, 0.15) is 5.75 Å². The van der Waals surface area contributed by atoms with Gasteiger partial charge in [-0.3, -0.25) is 14.7 Å². The Morgan fingerprint density at radius 2 is 2.07 bits per heavy atom. The van der Waals surface area contributed by atoms with Gasteiger partial charge < -0.3 is 20.1 Å². The highest BCUT2D eigenvalue weighted by atomic mass is 16.5. The largest absolute Gasteiger partial charge is 0.491 e. The maximum absolute atomic E-state index is 11.4. The number of H-pyrrole nitrogens is 1. The van der Waals surface area contributed by atoms with Crippen LogP contribution in [0.4, 0.5) is 5.69 Å². The Morgan fingerprint density at radius 1 is 1.30 bits per heavy atom. The average Bonchev–Trinajstić information content (AvgIpc) is 2.87. The van der Waals surface area contributed by atoms with E-state index in [0.29, 0.717) is 31.7 Å². The van der Waals surface area contributed by atoms with Crippen LogP contribution < -0.4 is 15.4 Å². The number of primary amides is 1. The number of hydrogen-bond acceptors (Lipinski definition) is 5. The van der Waals surface area contributed by atoms with Crippen molar-refractivity contribution in [1.82, 2.24) is 10.2 Å². The van der Waals surface area contributed by atoms with E-state index < -0.39 is 5.91 Å². The van der Waals surface area contributed by atoms with Gasteiger partial charge in [-0.1, -0.05) is 12.1 Å². The molecule has 4 rings (SSSR count).